The van der Waals surface area contributed by atoms with Crippen molar-refractivity contribution in [1.82, 2.24) is 10.2 Å². The van der Waals surface area contributed by atoms with Gasteiger partial charge < -0.3 is 14.6 Å². The van der Waals surface area contributed by atoms with Gasteiger partial charge >= 0.3 is 5.91 Å². The summed E-state index contributed by atoms with van der Waals surface area (Å²) in [5.74, 6) is -2.41. The Hall–Kier alpha value is -4.29. The van der Waals surface area contributed by atoms with Crippen LogP contribution in [0.15, 0.2) is 76.6 Å². The second-order valence-electron chi connectivity index (χ2n) is 8.78. The summed E-state index contributed by atoms with van der Waals surface area (Å²) in [5.41, 5.74) is 0.358. The highest BCUT2D eigenvalue weighted by Gasteiger charge is 2.49. The Morgan fingerprint density at radius 1 is 0.975 bits per heavy atom. The Morgan fingerprint density at radius 3 is 2.48 bits per heavy atom. The molecule has 202 valence electrons. The van der Waals surface area contributed by atoms with Crippen molar-refractivity contribution in [3.05, 3.63) is 101 Å². The molecule has 0 aliphatic carbocycles. The third kappa shape index (κ3) is 4.69. The zero-order valence-corrected chi connectivity index (χ0v) is 22.2. The predicted octanol–water partition coefficient (Wildman–Crippen LogP) is 5.51. The number of hydrogen-bond acceptors (Lipinski definition) is 9. The number of nitrogens with zero attached hydrogens (tertiary/aromatic N) is 3. The second kappa shape index (κ2) is 10.7. The van der Waals surface area contributed by atoms with Crippen molar-refractivity contribution in [2.45, 2.75) is 16.1 Å². The van der Waals surface area contributed by atoms with Gasteiger partial charge in [-0.1, -0.05) is 59.5 Å². The molecule has 0 saturated carbocycles. The van der Waals surface area contributed by atoms with Crippen LogP contribution in [0.1, 0.15) is 22.7 Å². The average molecular weight is 580 g/mol. The van der Waals surface area contributed by atoms with E-state index in [0.717, 1.165) is 16.2 Å². The number of ether oxygens (including phenoxy) is 2. The van der Waals surface area contributed by atoms with Crippen molar-refractivity contribution in [2.75, 3.05) is 18.1 Å². The number of Topliss-reactive ketones (excluding diaryl/α,β-unsaturated/α-hetero) is 1. The zero-order chi connectivity index (χ0) is 27.8. The third-order valence-electron chi connectivity index (χ3n) is 6.37. The van der Waals surface area contributed by atoms with Crippen LogP contribution in [0.2, 0.25) is 0 Å². The van der Waals surface area contributed by atoms with Gasteiger partial charge in [-0.2, -0.15) is 0 Å². The van der Waals surface area contributed by atoms with Crippen molar-refractivity contribution < 1.29 is 33.0 Å². The van der Waals surface area contributed by atoms with E-state index < -0.39 is 29.3 Å². The lowest BCUT2D eigenvalue weighted by atomic mass is 9.95. The number of rotatable bonds is 6. The molecule has 40 heavy (non-hydrogen) atoms. The molecule has 1 N–H and O–H groups in total. The maximum atomic E-state index is 15.1. The molecular weight excluding hydrogens is 560 g/mol. The molecule has 0 spiro atoms. The van der Waals surface area contributed by atoms with E-state index in [4.69, 9.17) is 9.47 Å². The summed E-state index contributed by atoms with van der Waals surface area (Å²) >= 11 is 2.21. The molecule has 1 amide bonds. The quantitative estimate of drug-likeness (QED) is 0.105. The van der Waals surface area contributed by atoms with Gasteiger partial charge in [0.1, 0.15) is 36.6 Å². The van der Waals surface area contributed by atoms with E-state index in [-0.39, 0.29) is 33.4 Å². The van der Waals surface area contributed by atoms with Gasteiger partial charge in [0.05, 0.1) is 5.57 Å². The fourth-order valence-electron chi connectivity index (χ4n) is 4.48. The van der Waals surface area contributed by atoms with Crippen molar-refractivity contribution in [2.24, 2.45) is 0 Å². The molecule has 3 heterocycles. The summed E-state index contributed by atoms with van der Waals surface area (Å²) in [6, 6.07) is 15.3. The summed E-state index contributed by atoms with van der Waals surface area (Å²) < 4.78 is 40.7. The van der Waals surface area contributed by atoms with Gasteiger partial charge in [0.25, 0.3) is 5.78 Å². The Kier molecular flexibility index (Phi) is 6.95. The molecule has 1 fully saturated rings. The van der Waals surface area contributed by atoms with E-state index in [2.05, 4.69) is 10.2 Å². The molecule has 1 saturated heterocycles. The molecule has 2 aliphatic rings. The highest BCUT2D eigenvalue weighted by Crippen LogP contribution is 2.45. The van der Waals surface area contributed by atoms with Gasteiger partial charge in [-0.05, 0) is 35.9 Å². The average Bonchev–Trinajstić information content (AvgIpc) is 3.54. The maximum absolute atomic E-state index is 15.1. The Morgan fingerprint density at radius 2 is 1.70 bits per heavy atom. The lowest BCUT2D eigenvalue weighted by molar-refractivity contribution is -0.132. The largest absolute Gasteiger partial charge is 0.507 e. The van der Waals surface area contributed by atoms with Crippen LogP contribution in [0.25, 0.3) is 5.76 Å². The van der Waals surface area contributed by atoms with Gasteiger partial charge in [0, 0.05) is 16.9 Å². The van der Waals surface area contributed by atoms with Crippen molar-refractivity contribution in [3.63, 3.8) is 0 Å². The lowest BCUT2D eigenvalue weighted by Gasteiger charge is -2.23. The summed E-state index contributed by atoms with van der Waals surface area (Å²) in [7, 11) is 0. The standard InChI is InChI=1S/C28H19F2N3O5S2/c29-18-7-3-1-5-16(18)14-39-28-32-31-27(40-28)33-23(17-6-2-4-8-19(17)30)22(25(35)26(33)36)24(34)15-9-10-20-21(13-15)38-12-11-37-20/h1-10,13,23,34H,11-12,14H2/b24-22+/t23-/m1/s1. The van der Waals surface area contributed by atoms with Crippen molar-refractivity contribution in [1.29, 1.82) is 0 Å². The first-order valence-corrected chi connectivity index (χ1v) is 13.9. The maximum Gasteiger partial charge on any atom is 0.301 e. The van der Waals surface area contributed by atoms with Crippen LogP contribution in [0.3, 0.4) is 0 Å². The van der Waals surface area contributed by atoms with Crippen molar-refractivity contribution >= 4 is 45.7 Å². The van der Waals surface area contributed by atoms with Gasteiger partial charge in [-0.25, -0.2) is 8.78 Å². The first kappa shape index (κ1) is 26.0. The number of ketones is 1. The van der Waals surface area contributed by atoms with Crippen LogP contribution in [-0.2, 0) is 15.3 Å². The second-order valence-corrected chi connectivity index (χ2v) is 11.0. The highest BCUT2D eigenvalue weighted by atomic mass is 32.2. The Bertz CT molecular complexity index is 1680. The zero-order valence-electron chi connectivity index (χ0n) is 20.5. The fourth-order valence-corrected chi connectivity index (χ4v) is 6.33. The van der Waals surface area contributed by atoms with E-state index in [0.29, 0.717) is 34.6 Å². The van der Waals surface area contributed by atoms with Gasteiger partial charge in [0.15, 0.2) is 15.8 Å². The van der Waals surface area contributed by atoms with Crippen molar-refractivity contribution in [3.8, 4) is 11.5 Å². The lowest BCUT2D eigenvalue weighted by Crippen LogP contribution is -2.29. The van der Waals surface area contributed by atoms with E-state index in [1.165, 1.54) is 48.2 Å². The molecule has 0 radical (unpaired) electrons. The molecular formula is C28H19F2N3O5S2. The molecule has 1 atom stereocenters. The molecule has 2 aliphatic heterocycles. The molecule has 0 unspecified atom stereocenters. The Balaban J connectivity index is 1.40. The smallest absolute Gasteiger partial charge is 0.301 e. The SMILES string of the molecule is O=C1C(=O)N(c2nnc(SCc3ccccc3F)s2)[C@H](c2ccccc2F)/C1=C(\O)c1ccc2c(c1)OCCO2. The normalized spacial score (nSPS) is 17.9. The summed E-state index contributed by atoms with van der Waals surface area (Å²) in [6.45, 7) is 0.685. The van der Waals surface area contributed by atoms with Gasteiger partial charge in [-0.15, -0.1) is 10.2 Å². The first-order chi connectivity index (χ1) is 19.4. The number of carbonyl (C=O) groups excluding carboxylic acids is 2. The fraction of sp³-hybridized carbons (Fsp3) is 0.143. The molecule has 3 aromatic carbocycles. The molecule has 8 nitrogen and oxygen atoms in total. The third-order valence-corrected chi connectivity index (χ3v) is 8.48. The molecule has 1 aromatic heterocycles. The summed E-state index contributed by atoms with van der Waals surface area (Å²) in [5, 5.41) is 19.5. The number of anilines is 1. The number of hydrogen-bond donors (Lipinski definition) is 1. The molecule has 0 bridgehead atoms. The van der Waals surface area contributed by atoms with Crippen LogP contribution in [-0.4, -0.2) is 40.2 Å². The number of aliphatic hydroxyl groups excluding tert-OH is 1. The number of aliphatic hydroxyl groups is 1. The number of carbonyl (C=O) groups is 2. The molecule has 12 heteroatoms. The number of fused-ring (bicyclic) bond motifs is 1. The van der Waals surface area contributed by atoms with Gasteiger partial charge in [-0.3, -0.25) is 14.5 Å². The number of halogens is 2. The van der Waals surface area contributed by atoms with Gasteiger partial charge in [0.2, 0.25) is 5.13 Å². The van der Waals surface area contributed by atoms with E-state index in [1.807, 2.05) is 0 Å². The number of amides is 1. The topological polar surface area (TPSA) is 102 Å². The van der Waals surface area contributed by atoms with Crippen LogP contribution >= 0.6 is 23.1 Å². The summed E-state index contributed by atoms with van der Waals surface area (Å²) in [4.78, 5) is 27.8. The van der Waals surface area contributed by atoms with E-state index in [1.54, 1.807) is 30.3 Å². The van der Waals surface area contributed by atoms with Crippen LogP contribution in [0.4, 0.5) is 13.9 Å². The summed E-state index contributed by atoms with van der Waals surface area (Å²) in [6.07, 6.45) is 0. The Labute approximate surface area is 234 Å². The minimum Gasteiger partial charge on any atom is -0.507 e. The predicted molar refractivity (Wildman–Crippen MR) is 144 cm³/mol. The monoisotopic (exact) mass is 579 g/mol. The van der Waals surface area contributed by atoms with E-state index >= 15 is 4.39 Å². The van der Waals surface area contributed by atoms with E-state index in [9.17, 15) is 19.1 Å². The molecule has 6 rings (SSSR count). The van der Waals surface area contributed by atoms with Crippen LogP contribution in [0.5, 0.6) is 11.5 Å². The number of aromatic nitrogens is 2. The minimum absolute atomic E-state index is 0.00319. The first-order valence-electron chi connectivity index (χ1n) is 12.1. The number of benzene rings is 3. The highest BCUT2D eigenvalue weighted by molar-refractivity contribution is 8.00. The van der Waals surface area contributed by atoms with Crippen LogP contribution in [0, 0.1) is 11.6 Å². The minimum atomic E-state index is -1.31. The number of thioether (sulfide) groups is 1. The molecule has 4 aromatic rings. The van der Waals surface area contributed by atoms with Crippen LogP contribution < -0.4 is 14.4 Å².